The zero-order valence-corrected chi connectivity index (χ0v) is 19.3. The number of fused-ring (bicyclic) bond motifs is 3. The molecule has 0 radical (unpaired) electrons. The summed E-state index contributed by atoms with van der Waals surface area (Å²) in [6.45, 7) is 1.32. The van der Waals surface area contributed by atoms with Gasteiger partial charge in [0.2, 0.25) is 5.88 Å². The van der Waals surface area contributed by atoms with Gasteiger partial charge in [0.15, 0.2) is 0 Å². The predicted octanol–water partition coefficient (Wildman–Crippen LogP) is 3.77. The minimum atomic E-state index is -0.214. The number of carbonyl (C=O) groups excluding carboxylic acids is 1. The van der Waals surface area contributed by atoms with Crippen LogP contribution in [0.2, 0.25) is 0 Å². The summed E-state index contributed by atoms with van der Waals surface area (Å²) in [6.07, 6.45) is 7.05. The molecule has 1 fully saturated rings. The number of aromatic nitrogens is 4. The molecule has 3 aromatic heterocycles. The van der Waals surface area contributed by atoms with E-state index in [1.165, 1.54) is 0 Å². The van der Waals surface area contributed by atoms with Gasteiger partial charge in [0, 0.05) is 35.3 Å². The summed E-state index contributed by atoms with van der Waals surface area (Å²) in [7, 11) is 1.55. The van der Waals surface area contributed by atoms with Crippen LogP contribution in [0.15, 0.2) is 48.9 Å². The zero-order chi connectivity index (χ0) is 23.9. The van der Waals surface area contributed by atoms with E-state index in [1.54, 1.807) is 36.7 Å². The Morgan fingerprint density at radius 1 is 1.09 bits per heavy atom. The summed E-state index contributed by atoms with van der Waals surface area (Å²) in [5, 5.41) is 1.02. The van der Waals surface area contributed by atoms with E-state index in [2.05, 4.69) is 19.9 Å². The van der Waals surface area contributed by atoms with Gasteiger partial charge in [-0.15, -0.1) is 0 Å². The van der Waals surface area contributed by atoms with Crippen molar-refractivity contribution in [2.24, 2.45) is 0 Å². The number of ether oxygens (including phenoxy) is 2. The molecule has 2 N–H and O–H groups in total. The summed E-state index contributed by atoms with van der Waals surface area (Å²) in [6, 6.07) is 9.53. The standard InChI is InChI=1S/C26H24N6O3/c1-34-23-7-5-18(11-28-23)32(26(33)17-9-29-25(30-10-17)16-3-4-16)12-15-2-6-19-20-13-35-14-21(20)24(27)31-22(19)8-15/h2,5-11,16H,3-4,12-14H2,1H3,(H2,27,31). The van der Waals surface area contributed by atoms with Gasteiger partial charge >= 0.3 is 0 Å². The Morgan fingerprint density at radius 2 is 1.89 bits per heavy atom. The maximum Gasteiger partial charge on any atom is 0.261 e. The number of nitrogen functional groups attached to an aromatic ring is 1. The van der Waals surface area contributed by atoms with Crippen LogP contribution >= 0.6 is 0 Å². The molecule has 4 aromatic rings. The van der Waals surface area contributed by atoms with Crippen molar-refractivity contribution in [3.63, 3.8) is 0 Å². The van der Waals surface area contributed by atoms with Crippen molar-refractivity contribution in [1.82, 2.24) is 19.9 Å². The Morgan fingerprint density at radius 3 is 2.60 bits per heavy atom. The molecule has 1 aliphatic carbocycles. The van der Waals surface area contributed by atoms with Crippen LogP contribution in [-0.4, -0.2) is 33.0 Å². The fraction of sp³-hybridized carbons (Fsp3) is 0.269. The van der Waals surface area contributed by atoms with Crippen molar-refractivity contribution < 1.29 is 14.3 Å². The van der Waals surface area contributed by atoms with Crippen LogP contribution in [0, 0.1) is 0 Å². The molecule has 4 heterocycles. The molecular formula is C26H24N6O3. The van der Waals surface area contributed by atoms with Gasteiger partial charge in [0.1, 0.15) is 11.6 Å². The normalized spacial score (nSPS) is 14.7. The Hall–Kier alpha value is -4.11. The number of hydrogen-bond donors (Lipinski definition) is 1. The number of benzene rings is 1. The van der Waals surface area contributed by atoms with Crippen molar-refractivity contribution in [3.8, 4) is 5.88 Å². The van der Waals surface area contributed by atoms with Crippen LogP contribution in [0.3, 0.4) is 0 Å². The lowest BCUT2D eigenvalue weighted by atomic mass is 10.0. The van der Waals surface area contributed by atoms with Gasteiger partial charge in [0.05, 0.1) is 49.8 Å². The SMILES string of the molecule is COc1ccc(N(Cc2ccc3c4c(c(N)nc3c2)COC4)C(=O)c2cnc(C3CC3)nc2)cn1. The van der Waals surface area contributed by atoms with E-state index in [0.29, 0.717) is 48.6 Å². The van der Waals surface area contributed by atoms with Crippen LogP contribution in [0.5, 0.6) is 5.88 Å². The largest absolute Gasteiger partial charge is 0.481 e. The minimum Gasteiger partial charge on any atom is -0.481 e. The first kappa shape index (κ1) is 21.4. The minimum absolute atomic E-state index is 0.214. The molecule has 0 spiro atoms. The molecule has 0 unspecified atom stereocenters. The first-order valence-corrected chi connectivity index (χ1v) is 11.5. The average molecular weight is 469 g/mol. The van der Waals surface area contributed by atoms with E-state index < -0.39 is 0 Å². The molecule has 2 aliphatic rings. The Kier molecular flexibility index (Phi) is 5.26. The highest BCUT2D eigenvalue weighted by atomic mass is 16.5. The third-order valence-corrected chi connectivity index (χ3v) is 6.48. The van der Waals surface area contributed by atoms with Crippen molar-refractivity contribution >= 4 is 28.3 Å². The molecule has 35 heavy (non-hydrogen) atoms. The lowest BCUT2D eigenvalue weighted by Crippen LogP contribution is -2.31. The van der Waals surface area contributed by atoms with Gasteiger partial charge in [-0.1, -0.05) is 12.1 Å². The lowest BCUT2D eigenvalue weighted by Gasteiger charge is -2.23. The number of pyridine rings is 2. The van der Waals surface area contributed by atoms with Crippen LogP contribution < -0.4 is 15.4 Å². The Labute approximate surface area is 202 Å². The summed E-state index contributed by atoms with van der Waals surface area (Å²) in [5.74, 6) is 1.97. The summed E-state index contributed by atoms with van der Waals surface area (Å²) in [4.78, 5) is 33.0. The fourth-order valence-electron chi connectivity index (χ4n) is 4.39. The number of carbonyl (C=O) groups is 1. The molecule has 1 saturated carbocycles. The molecular weight excluding hydrogens is 444 g/mol. The second-order valence-corrected chi connectivity index (χ2v) is 8.85. The number of nitrogens with zero attached hydrogens (tertiary/aromatic N) is 5. The van der Waals surface area contributed by atoms with Crippen molar-refractivity contribution in [3.05, 3.63) is 77.0 Å². The average Bonchev–Trinajstić information content (AvgIpc) is 3.62. The first-order valence-electron chi connectivity index (χ1n) is 11.5. The molecule has 0 atom stereocenters. The van der Waals surface area contributed by atoms with E-state index in [-0.39, 0.29) is 5.91 Å². The first-order chi connectivity index (χ1) is 17.1. The van der Waals surface area contributed by atoms with Crippen LogP contribution in [0.25, 0.3) is 10.9 Å². The molecule has 0 saturated heterocycles. The Bertz CT molecular complexity index is 1420. The van der Waals surface area contributed by atoms with Gasteiger partial charge in [0.25, 0.3) is 5.91 Å². The molecule has 0 bridgehead atoms. The number of amides is 1. The predicted molar refractivity (Wildman–Crippen MR) is 130 cm³/mol. The topological polar surface area (TPSA) is 116 Å². The number of nitrogens with two attached hydrogens (primary N) is 1. The zero-order valence-electron chi connectivity index (χ0n) is 19.3. The van der Waals surface area contributed by atoms with Crippen molar-refractivity contribution in [1.29, 1.82) is 0 Å². The van der Waals surface area contributed by atoms with Gasteiger partial charge < -0.3 is 20.1 Å². The quantitative estimate of drug-likeness (QED) is 0.455. The summed E-state index contributed by atoms with van der Waals surface area (Å²) >= 11 is 0. The third kappa shape index (κ3) is 4.04. The highest BCUT2D eigenvalue weighted by Crippen LogP contribution is 2.37. The van der Waals surface area contributed by atoms with Crippen LogP contribution in [0.1, 0.15) is 51.6 Å². The number of anilines is 2. The number of rotatable bonds is 6. The maximum atomic E-state index is 13.6. The van der Waals surface area contributed by atoms with Gasteiger partial charge in [-0.2, -0.15) is 0 Å². The molecule has 9 heteroatoms. The molecule has 6 rings (SSSR count). The second-order valence-electron chi connectivity index (χ2n) is 8.85. The van der Waals surface area contributed by atoms with E-state index >= 15 is 0 Å². The third-order valence-electron chi connectivity index (χ3n) is 6.48. The molecule has 1 amide bonds. The van der Waals surface area contributed by atoms with Crippen molar-refractivity contribution in [2.45, 2.75) is 38.5 Å². The monoisotopic (exact) mass is 468 g/mol. The van der Waals surface area contributed by atoms with E-state index in [1.807, 2.05) is 24.3 Å². The maximum absolute atomic E-state index is 13.6. The molecule has 9 nitrogen and oxygen atoms in total. The number of methoxy groups -OCH3 is 1. The summed E-state index contributed by atoms with van der Waals surface area (Å²) < 4.78 is 10.8. The van der Waals surface area contributed by atoms with E-state index in [0.717, 1.165) is 46.3 Å². The van der Waals surface area contributed by atoms with Crippen molar-refractivity contribution in [2.75, 3.05) is 17.7 Å². The fourth-order valence-corrected chi connectivity index (χ4v) is 4.39. The molecule has 1 aromatic carbocycles. The highest BCUT2D eigenvalue weighted by molar-refractivity contribution is 6.05. The van der Waals surface area contributed by atoms with Gasteiger partial charge in [-0.25, -0.2) is 19.9 Å². The molecule has 176 valence electrons. The van der Waals surface area contributed by atoms with E-state index in [4.69, 9.17) is 15.2 Å². The van der Waals surface area contributed by atoms with Gasteiger partial charge in [-0.3, -0.25) is 4.79 Å². The van der Waals surface area contributed by atoms with E-state index in [9.17, 15) is 4.79 Å². The smallest absolute Gasteiger partial charge is 0.261 e. The summed E-state index contributed by atoms with van der Waals surface area (Å²) in [5.41, 5.74) is 11.0. The highest BCUT2D eigenvalue weighted by Gasteiger charge is 2.27. The van der Waals surface area contributed by atoms with Crippen LogP contribution in [0.4, 0.5) is 11.5 Å². The van der Waals surface area contributed by atoms with Gasteiger partial charge in [-0.05, 0) is 36.1 Å². The van der Waals surface area contributed by atoms with Crippen LogP contribution in [-0.2, 0) is 24.5 Å². The second kappa shape index (κ2) is 8.59. The lowest BCUT2D eigenvalue weighted by molar-refractivity contribution is 0.0984. The Balaban J connectivity index is 1.35. The number of hydrogen-bond acceptors (Lipinski definition) is 8. The molecule has 1 aliphatic heterocycles.